The molecule has 0 fully saturated rings. The lowest BCUT2D eigenvalue weighted by molar-refractivity contribution is 0.104. The van der Waals surface area contributed by atoms with Crippen molar-refractivity contribution >= 4 is 11.0 Å². The van der Waals surface area contributed by atoms with Crippen LogP contribution in [0.15, 0.2) is 24.5 Å². The van der Waals surface area contributed by atoms with Gasteiger partial charge in [0, 0.05) is 38.0 Å². The van der Waals surface area contributed by atoms with E-state index >= 15 is 0 Å². The smallest absolute Gasteiger partial charge is 0.140 e. The first kappa shape index (κ1) is 14.0. The van der Waals surface area contributed by atoms with Crippen molar-refractivity contribution in [3.8, 4) is 0 Å². The summed E-state index contributed by atoms with van der Waals surface area (Å²) in [4.78, 5) is 4.50. The molecule has 4 heteroatoms. The molecule has 104 valence electrons. The van der Waals surface area contributed by atoms with Crippen molar-refractivity contribution in [2.24, 2.45) is 0 Å². The molecule has 0 saturated carbocycles. The van der Waals surface area contributed by atoms with Gasteiger partial charge in [0.1, 0.15) is 5.65 Å². The average Bonchev–Trinajstić information content (AvgIpc) is 2.78. The predicted molar refractivity (Wildman–Crippen MR) is 78.2 cm³/mol. The molecule has 0 aliphatic carbocycles. The van der Waals surface area contributed by atoms with Gasteiger partial charge in [0.2, 0.25) is 0 Å². The largest absolute Gasteiger partial charge is 0.380 e. The molecule has 0 amide bonds. The highest BCUT2D eigenvalue weighted by atomic mass is 16.5. The molecule has 4 nitrogen and oxygen atoms in total. The summed E-state index contributed by atoms with van der Waals surface area (Å²) in [5.41, 5.74) is 2.35. The van der Waals surface area contributed by atoms with Crippen LogP contribution in [0.4, 0.5) is 0 Å². The fourth-order valence-electron chi connectivity index (χ4n) is 2.23. The number of fused-ring (bicyclic) bond motifs is 1. The van der Waals surface area contributed by atoms with E-state index in [4.69, 9.17) is 4.74 Å². The second-order valence-electron chi connectivity index (χ2n) is 4.90. The molecular weight excluding hydrogens is 238 g/mol. The molecule has 0 aliphatic rings. The van der Waals surface area contributed by atoms with E-state index in [0.29, 0.717) is 0 Å². The Bertz CT molecular complexity index is 521. The van der Waals surface area contributed by atoms with Crippen LogP contribution in [-0.2, 0) is 17.8 Å². The Morgan fingerprint density at radius 1 is 1.47 bits per heavy atom. The summed E-state index contributed by atoms with van der Waals surface area (Å²) in [5.74, 6) is 0. The highest BCUT2D eigenvalue weighted by Gasteiger charge is 2.10. The first-order chi connectivity index (χ1) is 9.26. The average molecular weight is 261 g/mol. The maximum Gasteiger partial charge on any atom is 0.140 e. The number of aromatic nitrogens is 2. The lowest BCUT2D eigenvalue weighted by atomic mass is 10.2. The van der Waals surface area contributed by atoms with E-state index in [1.807, 2.05) is 12.3 Å². The van der Waals surface area contributed by atoms with E-state index in [9.17, 15) is 0 Å². The predicted octanol–water partition coefficient (Wildman–Crippen LogP) is 2.57. The van der Waals surface area contributed by atoms with E-state index in [1.165, 1.54) is 10.9 Å². The van der Waals surface area contributed by atoms with Gasteiger partial charge in [-0.1, -0.05) is 6.92 Å². The highest BCUT2D eigenvalue weighted by molar-refractivity contribution is 5.80. The van der Waals surface area contributed by atoms with Crippen molar-refractivity contribution in [3.63, 3.8) is 0 Å². The van der Waals surface area contributed by atoms with Crippen LogP contribution in [0.3, 0.4) is 0 Å². The number of hydrogen-bond donors (Lipinski definition) is 1. The van der Waals surface area contributed by atoms with Crippen LogP contribution in [0, 0.1) is 0 Å². The Morgan fingerprint density at radius 3 is 3.05 bits per heavy atom. The lowest BCUT2D eigenvalue weighted by Gasteiger charge is -2.10. The molecule has 0 radical (unpaired) electrons. The summed E-state index contributed by atoms with van der Waals surface area (Å²) >= 11 is 0. The minimum absolute atomic E-state index is 0.189. The highest BCUT2D eigenvalue weighted by Crippen LogP contribution is 2.19. The van der Waals surface area contributed by atoms with E-state index < -0.39 is 0 Å². The third-order valence-corrected chi connectivity index (χ3v) is 3.31. The Balaban J connectivity index is 2.26. The van der Waals surface area contributed by atoms with Gasteiger partial charge in [0.05, 0.1) is 6.10 Å². The Kier molecular flexibility index (Phi) is 4.93. The van der Waals surface area contributed by atoms with Gasteiger partial charge >= 0.3 is 0 Å². The summed E-state index contributed by atoms with van der Waals surface area (Å²) < 4.78 is 7.53. The van der Waals surface area contributed by atoms with Crippen LogP contribution in [-0.4, -0.2) is 29.3 Å². The van der Waals surface area contributed by atoms with Gasteiger partial charge < -0.3 is 14.6 Å². The number of rotatable bonds is 7. The van der Waals surface area contributed by atoms with E-state index in [2.05, 4.69) is 41.0 Å². The topological polar surface area (TPSA) is 39.1 Å². The first-order valence-electron chi connectivity index (χ1n) is 6.92. The van der Waals surface area contributed by atoms with Gasteiger partial charge in [0.25, 0.3) is 0 Å². The van der Waals surface area contributed by atoms with Crippen molar-refractivity contribution < 1.29 is 4.74 Å². The molecule has 0 bridgehead atoms. The molecule has 0 aromatic carbocycles. The van der Waals surface area contributed by atoms with Gasteiger partial charge in [-0.15, -0.1) is 0 Å². The second-order valence-corrected chi connectivity index (χ2v) is 4.90. The monoisotopic (exact) mass is 261 g/mol. The molecule has 0 saturated heterocycles. The van der Waals surface area contributed by atoms with E-state index in [1.54, 1.807) is 7.11 Å². The minimum atomic E-state index is 0.189. The zero-order valence-corrected chi connectivity index (χ0v) is 12.0. The van der Waals surface area contributed by atoms with Crippen molar-refractivity contribution in [1.82, 2.24) is 14.9 Å². The third kappa shape index (κ3) is 3.33. The molecule has 19 heavy (non-hydrogen) atoms. The number of methoxy groups -OCH3 is 1. The standard InChI is InChI=1S/C15H23N3O/c1-4-7-16-9-13-11-18(10-12(2)19-3)15-14(13)6-5-8-17-15/h5-6,8,11-12,16H,4,7,9-10H2,1-3H3. The van der Waals surface area contributed by atoms with Gasteiger partial charge in [-0.25, -0.2) is 4.98 Å². The zero-order chi connectivity index (χ0) is 13.7. The molecule has 0 aliphatic heterocycles. The normalized spacial score (nSPS) is 13.0. The summed E-state index contributed by atoms with van der Waals surface area (Å²) in [7, 11) is 1.74. The van der Waals surface area contributed by atoms with Crippen LogP contribution in [0.2, 0.25) is 0 Å². The molecule has 2 rings (SSSR count). The fourth-order valence-corrected chi connectivity index (χ4v) is 2.23. The first-order valence-corrected chi connectivity index (χ1v) is 6.92. The van der Waals surface area contributed by atoms with Gasteiger partial charge in [-0.2, -0.15) is 0 Å². The molecular formula is C15H23N3O. The van der Waals surface area contributed by atoms with Gasteiger partial charge in [0.15, 0.2) is 0 Å². The van der Waals surface area contributed by atoms with Crippen molar-refractivity contribution in [3.05, 3.63) is 30.1 Å². The Labute approximate surface area is 114 Å². The Hall–Kier alpha value is -1.39. The van der Waals surface area contributed by atoms with E-state index in [0.717, 1.165) is 31.7 Å². The maximum atomic E-state index is 5.35. The molecule has 1 atom stereocenters. The molecule has 0 spiro atoms. The number of nitrogens with one attached hydrogen (secondary N) is 1. The number of ether oxygens (including phenoxy) is 1. The molecule has 1 N–H and O–H groups in total. The van der Waals surface area contributed by atoms with Crippen LogP contribution in [0.25, 0.3) is 11.0 Å². The van der Waals surface area contributed by atoms with Gasteiger partial charge in [-0.05, 0) is 37.6 Å². The lowest BCUT2D eigenvalue weighted by Crippen LogP contribution is -2.15. The summed E-state index contributed by atoms with van der Waals surface area (Å²) in [6, 6.07) is 4.13. The zero-order valence-electron chi connectivity index (χ0n) is 12.0. The molecule has 1 unspecified atom stereocenters. The Morgan fingerprint density at radius 2 is 2.32 bits per heavy atom. The summed E-state index contributed by atoms with van der Waals surface area (Å²) in [6.45, 7) is 7.02. The minimum Gasteiger partial charge on any atom is -0.380 e. The van der Waals surface area contributed by atoms with Crippen LogP contribution >= 0.6 is 0 Å². The van der Waals surface area contributed by atoms with Crippen molar-refractivity contribution in [2.75, 3.05) is 13.7 Å². The quantitative estimate of drug-likeness (QED) is 0.779. The fraction of sp³-hybridized carbons (Fsp3) is 0.533. The molecule has 2 aromatic rings. The van der Waals surface area contributed by atoms with Gasteiger partial charge in [-0.3, -0.25) is 0 Å². The van der Waals surface area contributed by atoms with Crippen LogP contribution in [0.5, 0.6) is 0 Å². The number of hydrogen-bond acceptors (Lipinski definition) is 3. The second kappa shape index (κ2) is 6.68. The maximum absolute atomic E-state index is 5.35. The summed E-state index contributed by atoms with van der Waals surface area (Å²) in [5, 5.41) is 4.68. The van der Waals surface area contributed by atoms with Crippen molar-refractivity contribution in [2.45, 2.75) is 39.5 Å². The number of pyridine rings is 1. The van der Waals surface area contributed by atoms with Crippen LogP contribution < -0.4 is 5.32 Å². The number of nitrogens with zero attached hydrogens (tertiary/aromatic N) is 2. The SMILES string of the molecule is CCCNCc1cn(CC(C)OC)c2ncccc12. The molecule has 2 heterocycles. The summed E-state index contributed by atoms with van der Waals surface area (Å²) in [6.07, 6.45) is 5.38. The van der Waals surface area contributed by atoms with Crippen LogP contribution in [0.1, 0.15) is 25.8 Å². The van der Waals surface area contributed by atoms with Crippen molar-refractivity contribution in [1.29, 1.82) is 0 Å². The third-order valence-electron chi connectivity index (χ3n) is 3.31. The molecule has 2 aromatic heterocycles. The van der Waals surface area contributed by atoms with E-state index in [-0.39, 0.29) is 6.10 Å².